The third kappa shape index (κ3) is 3.94. The Bertz CT molecular complexity index is 753. The van der Waals surface area contributed by atoms with Crippen LogP contribution in [0.3, 0.4) is 0 Å². The number of carbonyl (C=O) groups is 1. The average molecular weight is 374 g/mol. The molecule has 2 aliphatic heterocycles. The van der Waals surface area contributed by atoms with E-state index in [0.29, 0.717) is 18.9 Å². The monoisotopic (exact) mass is 373 g/mol. The molecule has 0 bridgehead atoms. The van der Waals surface area contributed by atoms with Crippen LogP contribution in [-0.4, -0.2) is 46.9 Å². The normalized spacial score (nSPS) is 20.8. The zero-order valence-corrected chi connectivity index (χ0v) is 15.6. The lowest BCUT2D eigenvalue weighted by molar-refractivity contribution is -0.133. The van der Waals surface area contributed by atoms with Crippen molar-refractivity contribution >= 4 is 17.5 Å². The fourth-order valence-corrected chi connectivity index (χ4v) is 4.03. The van der Waals surface area contributed by atoms with E-state index >= 15 is 0 Å². The zero-order valence-electron chi connectivity index (χ0n) is 14.9. The quantitative estimate of drug-likeness (QED) is 0.802. The van der Waals surface area contributed by atoms with Crippen LogP contribution in [0.25, 0.3) is 0 Å². The number of likely N-dealkylation sites (tertiary alicyclic amines) is 2. The maximum Gasteiger partial charge on any atom is 0.237 e. The van der Waals surface area contributed by atoms with Crippen molar-refractivity contribution in [2.45, 2.75) is 38.1 Å². The van der Waals surface area contributed by atoms with Crippen molar-refractivity contribution in [2.75, 3.05) is 26.2 Å². The lowest BCUT2D eigenvalue weighted by atomic mass is 10.1. The van der Waals surface area contributed by atoms with E-state index in [4.69, 9.17) is 16.0 Å². The summed E-state index contributed by atoms with van der Waals surface area (Å²) in [4.78, 5) is 21.4. The highest BCUT2D eigenvalue weighted by Crippen LogP contribution is 2.32. The fourth-order valence-electron chi connectivity index (χ4n) is 3.91. The van der Waals surface area contributed by atoms with E-state index in [0.717, 1.165) is 48.8 Å². The van der Waals surface area contributed by atoms with Gasteiger partial charge in [0.25, 0.3) is 0 Å². The van der Waals surface area contributed by atoms with E-state index in [2.05, 4.69) is 9.88 Å². The number of benzene rings is 1. The maximum atomic E-state index is 12.7. The second-order valence-electron chi connectivity index (χ2n) is 7.20. The first-order chi connectivity index (χ1) is 12.7. The Morgan fingerprint density at radius 2 is 1.92 bits per heavy atom. The van der Waals surface area contributed by atoms with E-state index in [1.807, 2.05) is 29.2 Å². The van der Waals surface area contributed by atoms with Gasteiger partial charge in [-0.1, -0.05) is 23.7 Å². The van der Waals surface area contributed by atoms with Gasteiger partial charge in [-0.05, 0) is 56.5 Å². The Labute approximate surface area is 158 Å². The largest absolute Gasteiger partial charge is 0.443 e. The van der Waals surface area contributed by atoms with Crippen LogP contribution >= 0.6 is 11.6 Å². The highest BCUT2D eigenvalue weighted by molar-refractivity contribution is 6.30. The molecule has 2 aliphatic rings. The van der Waals surface area contributed by atoms with Crippen LogP contribution in [0.1, 0.15) is 48.9 Å². The SMILES string of the molecule is O=C(CN1CCCC1)N1CCC[C@H]1c1ncc(Cc2ccc(Cl)cc2)o1. The first kappa shape index (κ1) is 17.6. The second kappa shape index (κ2) is 7.80. The van der Waals surface area contributed by atoms with E-state index in [1.54, 1.807) is 6.20 Å². The number of amides is 1. The standard InChI is InChI=1S/C20H24ClN3O2/c21-16-7-5-15(6-8-16)12-17-13-22-20(26-17)18-4-3-11-24(18)19(25)14-23-9-1-2-10-23/h5-8,13,18H,1-4,9-12,14H2/t18-/m0/s1. The Morgan fingerprint density at radius 1 is 1.15 bits per heavy atom. The highest BCUT2D eigenvalue weighted by Gasteiger charge is 2.34. The fraction of sp³-hybridized carbons (Fsp3) is 0.500. The number of hydrogen-bond donors (Lipinski definition) is 0. The maximum absolute atomic E-state index is 12.7. The van der Waals surface area contributed by atoms with Crippen LogP contribution in [0.5, 0.6) is 0 Å². The van der Waals surface area contributed by atoms with Crippen molar-refractivity contribution in [3.63, 3.8) is 0 Å². The van der Waals surface area contributed by atoms with Crippen molar-refractivity contribution < 1.29 is 9.21 Å². The zero-order chi connectivity index (χ0) is 17.9. The van der Waals surface area contributed by atoms with Gasteiger partial charge in [-0.15, -0.1) is 0 Å². The lowest BCUT2D eigenvalue weighted by Crippen LogP contribution is -2.39. The molecule has 5 nitrogen and oxygen atoms in total. The molecule has 2 fully saturated rings. The molecule has 3 heterocycles. The van der Waals surface area contributed by atoms with E-state index in [1.165, 1.54) is 12.8 Å². The Balaban J connectivity index is 1.42. The molecule has 1 aromatic carbocycles. The third-order valence-corrected chi connectivity index (χ3v) is 5.53. The van der Waals surface area contributed by atoms with Gasteiger partial charge < -0.3 is 9.32 Å². The smallest absolute Gasteiger partial charge is 0.237 e. The molecule has 26 heavy (non-hydrogen) atoms. The number of hydrogen-bond acceptors (Lipinski definition) is 4. The summed E-state index contributed by atoms with van der Waals surface area (Å²) in [6, 6.07) is 7.72. The number of aromatic nitrogens is 1. The third-order valence-electron chi connectivity index (χ3n) is 5.28. The Morgan fingerprint density at radius 3 is 2.69 bits per heavy atom. The molecule has 4 rings (SSSR count). The minimum Gasteiger partial charge on any atom is -0.443 e. The topological polar surface area (TPSA) is 49.6 Å². The lowest BCUT2D eigenvalue weighted by Gasteiger charge is -2.25. The van der Waals surface area contributed by atoms with Crippen molar-refractivity contribution in [1.29, 1.82) is 0 Å². The van der Waals surface area contributed by atoms with Crippen LogP contribution in [0.2, 0.25) is 5.02 Å². The molecule has 138 valence electrons. The van der Waals surface area contributed by atoms with Crippen molar-refractivity contribution in [2.24, 2.45) is 0 Å². The molecule has 1 amide bonds. The van der Waals surface area contributed by atoms with Gasteiger partial charge in [-0.2, -0.15) is 0 Å². The first-order valence-electron chi connectivity index (χ1n) is 9.40. The summed E-state index contributed by atoms with van der Waals surface area (Å²) < 4.78 is 6.00. The van der Waals surface area contributed by atoms with Gasteiger partial charge in [0.15, 0.2) is 0 Å². The van der Waals surface area contributed by atoms with E-state index in [-0.39, 0.29) is 11.9 Å². The number of halogens is 1. The van der Waals surface area contributed by atoms with E-state index in [9.17, 15) is 4.79 Å². The van der Waals surface area contributed by atoms with Crippen molar-refractivity contribution in [1.82, 2.24) is 14.8 Å². The Hall–Kier alpha value is -1.85. The van der Waals surface area contributed by atoms with Gasteiger partial charge in [0.1, 0.15) is 11.8 Å². The van der Waals surface area contributed by atoms with Crippen LogP contribution in [-0.2, 0) is 11.2 Å². The van der Waals surface area contributed by atoms with Gasteiger partial charge in [0.05, 0.1) is 12.7 Å². The van der Waals surface area contributed by atoms with Crippen molar-refractivity contribution in [3.05, 3.63) is 52.7 Å². The van der Waals surface area contributed by atoms with Gasteiger partial charge >= 0.3 is 0 Å². The van der Waals surface area contributed by atoms with Crippen LogP contribution in [0.15, 0.2) is 34.9 Å². The predicted octanol–water partition coefficient (Wildman–Crippen LogP) is 3.68. The summed E-state index contributed by atoms with van der Waals surface area (Å²) in [6.07, 6.45) is 6.79. The minimum atomic E-state index is -0.0240. The molecule has 0 radical (unpaired) electrons. The molecule has 0 N–H and O–H groups in total. The van der Waals surface area contributed by atoms with Crippen LogP contribution < -0.4 is 0 Å². The molecule has 0 aliphatic carbocycles. The molecule has 2 aromatic rings. The van der Waals surface area contributed by atoms with Gasteiger partial charge in [0, 0.05) is 18.0 Å². The second-order valence-corrected chi connectivity index (χ2v) is 7.63. The summed E-state index contributed by atoms with van der Waals surface area (Å²) in [7, 11) is 0. The molecular formula is C20H24ClN3O2. The van der Waals surface area contributed by atoms with Gasteiger partial charge in [-0.25, -0.2) is 4.98 Å². The molecule has 0 saturated carbocycles. The summed E-state index contributed by atoms with van der Waals surface area (Å²) in [5, 5.41) is 0.727. The summed E-state index contributed by atoms with van der Waals surface area (Å²) >= 11 is 5.93. The summed E-state index contributed by atoms with van der Waals surface area (Å²) in [5.41, 5.74) is 1.13. The molecule has 1 atom stereocenters. The Kier molecular flexibility index (Phi) is 5.27. The molecule has 0 spiro atoms. The van der Waals surface area contributed by atoms with Crippen LogP contribution in [0.4, 0.5) is 0 Å². The summed E-state index contributed by atoms with van der Waals surface area (Å²) in [6.45, 7) is 3.39. The van der Waals surface area contributed by atoms with Crippen LogP contribution in [0, 0.1) is 0 Å². The number of oxazole rings is 1. The average Bonchev–Trinajstić information content (AvgIpc) is 3.37. The molecule has 2 saturated heterocycles. The molecule has 1 aromatic heterocycles. The molecule has 0 unspecified atom stereocenters. The molecular weight excluding hydrogens is 350 g/mol. The number of rotatable bonds is 5. The highest BCUT2D eigenvalue weighted by atomic mass is 35.5. The van der Waals surface area contributed by atoms with Crippen molar-refractivity contribution in [3.8, 4) is 0 Å². The van der Waals surface area contributed by atoms with E-state index < -0.39 is 0 Å². The van der Waals surface area contributed by atoms with Gasteiger partial charge in [-0.3, -0.25) is 9.69 Å². The molecule has 6 heteroatoms. The van der Waals surface area contributed by atoms with Gasteiger partial charge in [0.2, 0.25) is 11.8 Å². The minimum absolute atomic E-state index is 0.0240. The number of nitrogens with zero attached hydrogens (tertiary/aromatic N) is 3. The summed E-state index contributed by atoms with van der Waals surface area (Å²) in [5.74, 6) is 1.69. The number of carbonyl (C=O) groups excluding carboxylic acids is 1. The predicted molar refractivity (Wildman–Crippen MR) is 100 cm³/mol. The first-order valence-corrected chi connectivity index (χ1v) is 9.78.